The molecule has 0 amide bonds. The first-order valence-corrected chi connectivity index (χ1v) is 5.74. The summed E-state index contributed by atoms with van der Waals surface area (Å²) in [5.41, 5.74) is 1.02. The first-order chi connectivity index (χ1) is 6.88. The van der Waals surface area contributed by atoms with Crippen molar-refractivity contribution in [1.29, 1.82) is 5.26 Å². The normalized spacial score (nSPS) is 15.6. The number of nitriles is 1. The van der Waals surface area contributed by atoms with E-state index in [2.05, 4.69) is 6.07 Å². The smallest absolute Gasteiger partial charge is 0.120 e. The monoisotopic (exact) mass is 205 g/mol. The van der Waals surface area contributed by atoms with Gasteiger partial charge in [0, 0.05) is 11.5 Å². The second kappa shape index (κ2) is 4.39. The van der Waals surface area contributed by atoms with Crippen LogP contribution < -0.4 is 4.74 Å². The molecule has 2 rings (SSSR count). The molecule has 0 radical (unpaired) electrons. The predicted octanol–water partition coefficient (Wildman–Crippen LogP) is 2.25. The molecule has 1 saturated heterocycles. The maximum Gasteiger partial charge on any atom is 0.120 e. The van der Waals surface area contributed by atoms with Crippen LogP contribution in [0.5, 0.6) is 5.75 Å². The summed E-state index contributed by atoms with van der Waals surface area (Å²) in [6, 6.07) is 9.92. The van der Waals surface area contributed by atoms with Gasteiger partial charge in [0.25, 0.3) is 0 Å². The molecule has 0 aromatic heterocycles. The summed E-state index contributed by atoms with van der Waals surface area (Å²) >= 11 is 1.90. The topological polar surface area (TPSA) is 33.0 Å². The summed E-state index contributed by atoms with van der Waals surface area (Å²) in [7, 11) is 0. The average Bonchev–Trinajstić information content (AvgIpc) is 2.13. The summed E-state index contributed by atoms with van der Waals surface area (Å²) < 4.78 is 5.71. The summed E-state index contributed by atoms with van der Waals surface area (Å²) in [5.74, 6) is 3.06. The summed E-state index contributed by atoms with van der Waals surface area (Å²) in [6.45, 7) is 0. The molecule has 1 heterocycles. The molecule has 0 bridgehead atoms. The largest absolute Gasteiger partial charge is 0.489 e. The van der Waals surface area contributed by atoms with Gasteiger partial charge in [-0.1, -0.05) is 12.1 Å². The Labute approximate surface area is 87.9 Å². The Hall–Kier alpha value is -1.14. The van der Waals surface area contributed by atoms with Gasteiger partial charge in [-0.25, -0.2) is 0 Å². The highest BCUT2D eigenvalue weighted by atomic mass is 32.2. The van der Waals surface area contributed by atoms with Crippen molar-refractivity contribution in [3.8, 4) is 11.8 Å². The van der Waals surface area contributed by atoms with E-state index in [4.69, 9.17) is 10.00 Å². The quantitative estimate of drug-likeness (QED) is 0.758. The molecule has 2 nitrogen and oxygen atoms in total. The molecular weight excluding hydrogens is 194 g/mol. The Morgan fingerprint density at radius 3 is 3.00 bits per heavy atom. The molecule has 0 spiro atoms. The first-order valence-electron chi connectivity index (χ1n) is 4.59. The maximum atomic E-state index is 8.56. The van der Waals surface area contributed by atoms with E-state index >= 15 is 0 Å². The molecule has 0 atom stereocenters. The predicted molar refractivity (Wildman–Crippen MR) is 57.5 cm³/mol. The molecule has 0 saturated carbocycles. The van der Waals surface area contributed by atoms with Gasteiger partial charge in [-0.15, -0.1) is 0 Å². The van der Waals surface area contributed by atoms with E-state index in [1.54, 1.807) is 0 Å². The highest BCUT2D eigenvalue weighted by molar-refractivity contribution is 8.00. The van der Waals surface area contributed by atoms with E-state index in [9.17, 15) is 0 Å². The van der Waals surface area contributed by atoms with Crippen LogP contribution in [0.4, 0.5) is 0 Å². The first kappa shape index (κ1) is 9.42. The van der Waals surface area contributed by atoms with Crippen LogP contribution >= 0.6 is 11.8 Å². The van der Waals surface area contributed by atoms with Crippen molar-refractivity contribution < 1.29 is 4.74 Å². The number of hydrogen-bond acceptors (Lipinski definition) is 3. The van der Waals surface area contributed by atoms with Gasteiger partial charge >= 0.3 is 0 Å². The highest BCUT2D eigenvalue weighted by Gasteiger charge is 2.19. The molecule has 1 fully saturated rings. The lowest BCUT2D eigenvalue weighted by molar-refractivity contribution is 0.240. The fourth-order valence-corrected chi connectivity index (χ4v) is 1.86. The Morgan fingerprint density at radius 2 is 2.36 bits per heavy atom. The Bertz CT molecular complexity index is 355. The average molecular weight is 205 g/mol. The lowest BCUT2D eigenvalue weighted by atomic mass is 10.1. The van der Waals surface area contributed by atoms with Gasteiger partial charge in [0.15, 0.2) is 0 Å². The maximum absolute atomic E-state index is 8.56. The van der Waals surface area contributed by atoms with Gasteiger partial charge in [0.2, 0.25) is 0 Å². The van der Waals surface area contributed by atoms with Crippen LogP contribution in [0.3, 0.4) is 0 Å². The number of rotatable bonds is 3. The fraction of sp³-hybridized carbons (Fsp3) is 0.364. The van der Waals surface area contributed by atoms with Crippen LogP contribution in [0.1, 0.15) is 5.56 Å². The van der Waals surface area contributed by atoms with Gasteiger partial charge < -0.3 is 4.74 Å². The van der Waals surface area contributed by atoms with E-state index in [0.29, 0.717) is 12.5 Å². The van der Waals surface area contributed by atoms with Crippen LogP contribution in [0.25, 0.3) is 0 Å². The third-order valence-electron chi connectivity index (χ3n) is 2.09. The zero-order chi connectivity index (χ0) is 9.80. The molecule has 1 aromatic carbocycles. The van der Waals surface area contributed by atoms with Gasteiger partial charge in [0.05, 0.1) is 12.5 Å². The van der Waals surface area contributed by atoms with Crippen LogP contribution in [0, 0.1) is 11.3 Å². The zero-order valence-electron chi connectivity index (χ0n) is 7.77. The van der Waals surface area contributed by atoms with E-state index < -0.39 is 0 Å². The molecule has 1 aliphatic heterocycles. The molecule has 14 heavy (non-hydrogen) atoms. The van der Waals surface area contributed by atoms with Crippen LogP contribution in [-0.4, -0.2) is 17.6 Å². The summed E-state index contributed by atoms with van der Waals surface area (Å²) in [5, 5.41) is 8.56. The minimum Gasteiger partial charge on any atom is -0.489 e. The molecule has 3 heteroatoms. The van der Waals surface area contributed by atoms with Crippen molar-refractivity contribution >= 4 is 11.8 Å². The van der Waals surface area contributed by atoms with Gasteiger partial charge in [-0.05, 0) is 17.7 Å². The van der Waals surface area contributed by atoms with Crippen molar-refractivity contribution in [3.05, 3.63) is 29.8 Å². The van der Waals surface area contributed by atoms with Crippen molar-refractivity contribution in [2.75, 3.05) is 11.5 Å². The van der Waals surface area contributed by atoms with Crippen LogP contribution in [-0.2, 0) is 6.42 Å². The molecule has 0 unspecified atom stereocenters. The Kier molecular flexibility index (Phi) is 2.95. The van der Waals surface area contributed by atoms with Crippen LogP contribution in [0.15, 0.2) is 24.3 Å². The number of benzene rings is 1. The number of ether oxygens (including phenoxy) is 1. The molecule has 0 N–H and O–H groups in total. The van der Waals surface area contributed by atoms with Crippen molar-refractivity contribution in [2.45, 2.75) is 12.5 Å². The molecular formula is C11H11NOS. The standard InChI is InChI=1S/C11H11NOS/c12-5-4-9-2-1-3-10(6-9)13-11-7-14-8-11/h1-3,6,11H,4,7-8H2. The molecule has 1 aromatic rings. The van der Waals surface area contributed by atoms with E-state index in [-0.39, 0.29) is 0 Å². The highest BCUT2D eigenvalue weighted by Crippen LogP contribution is 2.24. The fourth-order valence-electron chi connectivity index (χ4n) is 1.29. The second-order valence-electron chi connectivity index (χ2n) is 3.26. The summed E-state index contributed by atoms with van der Waals surface area (Å²) in [4.78, 5) is 0. The molecule has 0 aliphatic carbocycles. The van der Waals surface area contributed by atoms with Crippen LogP contribution in [0.2, 0.25) is 0 Å². The van der Waals surface area contributed by atoms with Crippen molar-refractivity contribution in [2.24, 2.45) is 0 Å². The van der Waals surface area contributed by atoms with E-state index in [0.717, 1.165) is 22.8 Å². The zero-order valence-corrected chi connectivity index (χ0v) is 8.59. The SMILES string of the molecule is N#CCc1cccc(OC2CSC2)c1. The number of thioether (sulfide) groups is 1. The minimum absolute atomic E-state index is 0.373. The Morgan fingerprint density at radius 1 is 1.50 bits per heavy atom. The summed E-state index contributed by atoms with van der Waals surface area (Å²) in [6.07, 6.45) is 0.828. The molecule has 72 valence electrons. The number of nitrogens with zero attached hydrogens (tertiary/aromatic N) is 1. The van der Waals surface area contributed by atoms with E-state index in [1.807, 2.05) is 36.0 Å². The van der Waals surface area contributed by atoms with E-state index in [1.165, 1.54) is 0 Å². The Balaban J connectivity index is 2.02. The van der Waals surface area contributed by atoms with Gasteiger partial charge in [-0.2, -0.15) is 17.0 Å². The van der Waals surface area contributed by atoms with Crippen molar-refractivity contribution in [1.82, 2.24) is 0 Å². The third kappa shape index (κ3) is 2.21. The van der Waals surface area contributed by atoms with Crippen molar-refractivity contribution in [3.63, 3.8) is 0 Å². The number of hydrogen-bond donors (Lipinski definition) is 0. The second-order valence-corrected chi connectivity index (χ2v) is 4.33. The lowest BCUT2D eigenvalue weighted by Crippen LogP contribution is -2.30. The minimum atomic E-state index is 0.373. The van der Waals surface area contributed by atoms with Gasteiger partial charge in [0.1, 0.15) is 11.9 Å². The molecule has 1 aliphatic rings. The van der Waals surface area contributed by atoms with Gasteiger partial charge in [-0.3, -0.25) is 0 Å². The third-order valence-corrected chi connectivity index (χ3v) is 3.31. The lowest BCUT2D eigenvalue weighted by Gasteiger charge is -2.25.